The summed E-state index contributed by atoms with van der Waals surface area (Å²) in [5.41, 5.74) is 8.98. The van der Waals surface area contributed by atoms with Crippen molar-refractivity contribution in [1.82, 2.24) is 19.6 Å². The Bertz CT molecular complexity index is 1630. The molecule has 0 radical (unpaired) electrons. The lowest BCUT2D eigenvalue weighted by atomic mass is 9.77. The van der Waals surface area contributed by atoms with Gasteiger partial charge in [0.2, 0.25) is 0 Å². The van der Waals surface area contributed by atoms with Crippen LogP contribution in [0.25, 0.3) is 28.0 Å². The summed E-state index contributed by atoms with van der Waals surface area (Å²) in [6.07, 6.45) is 5.52. The molecule has 0 bridgehead atoms. The highest BCUT2D eigenvalue weighted by molar-refractivity contribution is 7.91. The summed E-state index contributed by atoms with van der Waals surface area (Å²) >= 11 is 0. The number of hydrogen-bond donors (Lipinski definition) is 2. The fourth-order valence-corrected chi connectivity index (χ4v) is 6.37. The first kappa shape index (κ1) is 27.7. The number of hydrogen-bond acceptors (Lipinski definition) is 9. The molecule has 12 heteroatoms. The van der Waals surface area contributed by atoms with Crippen LogP contribution in [0.3, 0.4) is 0 Å². The number of sulfone groups is 1. The number of rotatable bonds is 9. The van der Waals surface area contributed by atoms with E-state index in [0.717, 1.165) is 23.1 Å². The van der Waals surface area contributed by atoms with Crippen LogP contribution in [0.1, 0.15) is 37.3 Å². The van der Waals surface area contributed by atoms with Gasteiger partial charge in [-0.15, -0.1) is 0 Å². The fraction of sp³-hybridized carbons (Fsp3) is 0.357. The Labute approximate surface area is 231 Å². The van der Waals surface area contributed by atoms with E-state index in [1.54, 1.807) is 12.4 Å². The number of carboxylic acids is 1. The number of nitrogen functional groups attached to an aromatic ring is 1. The van der Waals surface area contributed by atoms with Crippen LogP contribution in [-0.2, 0) is 24.1 Å². The Morgan fingerprint density at radius 3 is 2.42 bits per heavy atom. The van der Waals surface area contributed by atoms with Crippen molar-refractivity contribution in [3.8, 4) is 22.4 Å². The van der Waals surface area contributed by atoms with Crippen LogP contribution in [0.5, 0.6) is 0 Å². The molecule has 11 nitrogen and oxygen atoms in total. The second-order valence-corrected chi connectivity index (χ2v) is 11.9. The molecule has 4 aromatic rings. The van der Waals surface area contributed by atoms with Gasteiger partial charge in [0.05, 0.1) is 30.8 Å². The van der Waals surface area contributed by atoms with Gasteiger partial charge in [-0.05, 0) is 31.7 Å². The Morgan fingerprint density at radius 1 is 1.10 bits per heavy atom. The van der Waals surface area contributed by atoms with Crippen molar-refractivity contribution >= 4 is 27.3 Å². The minimum absolute atomic E-state index is 0.0333. The number of nitrogens with two attached hydrogens (primary N) is 1. The van der Waals surface area contributed by atoms with E-state index >= 15 is 0 Å². The van der Waals surface area contributed by atoms with Gasteiger partial charge >= 0.3 is 5.97 Å². The van der Waals surface area contributed by atoms with E-state index in [1.807, 2.05) is 42.5 Å². The Morgan fingerprint density at radius 2 is 1.82 bits per heavy atom. The normalized spacial score (nSPS) is 19.6. The number of fused-ring (bicyclic) bond motifs is 1. The second kappa shape index (κ2) is 11.0. The summed E-state index contributed by atoms with van der Waals surface area (Å²) < 4.78 is 37.9. The molecular weight excluding hydrogens is 534 g/mol. The molecule has 210 valence electrons. The van der Waals surface area contributed by atoms with Crippen molar-refractivity contribution < 1.29 is 27.8 Å². The molecule has 3 heterocycles. The van der Waals surface area contributed by atoms with Gasteiger partial charge in [-0.3, -0.25) is 4.98 Å². The first-order valence-electron chi connectivity index (χ1n) is 12.9. The third-order valence-electron chi connectivity index (χ3n) is 7.41. The molecule has 1 aromatic carbocycles. The van der Waals surface area contributed by atoms with Crippen molar-refractivity contribution in [3.63, 3.8) is 0 Å². The second-order valence-electron chi connectivity index (χ2n) is 9.99. The van der Waals surface area contributed by atoms with Gasteiger partial charge in [0.25, 0.3) is 0 Å². The molecule has 0 atom stereocenters. The average Bonchev–Trinajstić information content (AvgIpc) is 3.38. The minimum atomic E-state index is -3.78. The van der Waals surface area contributed by atoms with Crippen LogP contribution in [0.4, 0.5) is 5.82 Å². The number of pyridine rings is 1. The maximum atomic E-state index is 12.9. The van der Waals surface area contributed by atoms with Crippen LogP contribution in [0.15, 0.2) is 59.8 Å². The zero-order chi connectivity index (χ0) is 28.5. The van der Waals surface area contributed by atoms with Crippen LogP contribution in [-0.4, -0.2) is 71.3 Å². The number of ether oxygens (including phenoxy) is 2. The summed E-state index contributed by atoms with van der Waals surface area (Å²) in [5.74, 6) is -1.41. The standard InChI is InChI=1S/C28H31N5O6S/c1-38-14-15-39-28(27(34)35)12-10-19(11-13-28)23-24(40(2,36)37)25(29)33-26(32-23)21(17-31-33)20-8-9-22(30-16-20)18-6-4-3-5-7-18/h3-9,16-17,19H,10-15,29H2,1-2H3,(H,34,35)/t19-,28+. The predicted octanol–water partition coefficient (Wildman–Crippen LogP) is 3.59. The Hall–Kier alpha value is -3.87. The maximum absolute atomic E-state index is 12.9. The summed E-state index contributed by atoms with van der Waals surface area (Å²) in [7, 11) is -2.27. The zero-order valence-corrected chi connectivity index (χ0v) is 23.1. The molecule has 1 aliphatic rings. The van der Waals surface area contributed by atoms with E-state index < -0.39 is 21.4 Å². The largest absolute Gasteiger partial charge is 0.479 e. The molecule has 1 fully saturated rings. The van der Waals surface area contributed by atoms with Crippen molar-refractivity contribution in [2.75, 3.05) is 32.3 Å². The van der Waals surface area contributed by atoms with Crippen molar-refractivity contribution in [1.29, 1.82) is 0 Å². The van der Waals surface area contributed by atoms with Crippen molar-refractivity contribution in [2.24, 2.45) is 0 Å². The van der Waals surface area contributed by atoms with Crippen molar-refractivity contribution in [2.45, 2.75) is 42.1 Å². The Balaban J connectivity index is 1.53. The third-order valence-corrected chi connectivity index (χ3v) is 8.57. The molecule has 0 amide bonds. The molecular formula is C28H31N5O6S. The lowest BCUT2D eigenvalue weighted by molar-refractivity contribution is -0.173. The van der Waals surface area contributed by atoms with E-state index in [0.29, 0.717) is 29.7 Å². The number of carbonyl (C=O) groups is 1. The van der Waals surface area contributed by atoms with E-state index in [-0.39, 0.29) is 42.7 Å². The van der Waals surface area contributed by atoms with Crippen LogP contribution in [0, 0.1) is 0 Å². The monoisotopic (exact) mass is 565 g/mol. The molecule has 3 N–H and O–H groups in total. The fourth-order valence-electron chi connectivity index (χ4n) is 5.31. The summed E-state index contributed by atoms with van der Waals surface area (Å²) in [6.45, 7) is 0.423. The maximum Gasteiger partial charge on any atom is 0.335 e. The van der Waals surface area contributed by atoms with Gasteiger partial charge in [0.1, 0.15) is 10.7 Å². The first-order valence-corrected chi connectivity index (χ1v) is 14.8. The van der Waals surface area contributed by atoms with Gasteiger partial charge in [-0.2, -0.15) is 9.61 Å². The zero-order valence-electron chi connectivity index (χ0n) is 22.3. The van der Waals surface area contributed by atoms with E-state index in [4.69, 9.17) is 20.2 Å². The smallest absolute Gasteiger partial charge is 0.335 e. The highest BCUT2D eigenvalue weighted by atomic mass is 32.2. The first-order chi connectivity index (χ1) is 19.1. The van der Waals surface area contributed by atoms with Crippen molar-refractivity contribution in [3.05, 3.63) is 60.6 Å². The number of aromatic nitrogens is 4. The van der Waals surface area contributed by atoms with E-state index in [1.165, 1.54) is 11.6 Å². The molecule has 0 spiro atoms. The van der Waals surface area contributed by atoms with Gasteiger partial charge in [-0.1, -0.05) is 36.4 Å². The molecule has 5 rings (SSSR count). The highest BCUT2D eigenvalue weighted by Gasteiger charge is 2.44. The molecule has 0 aliphatic heterocycles. The molecule has 1 aliphatic carbocycles. The average molecular weight is 566 g/mol. The lowest BCUT2D eigenvalue weighted by Gasteiger charge is -2.36. The number of methoxy groups -OCH3 is 1. The SMILES string of the molecule is COCCO[C@]1(C(=O)O)CC[C@H](c2nc3c(-c4ccc(-c5ccccc5)nc4)cnn3c(N)c2S(C)(=O)=O)CC1. The van der Waals surface area contributed by atoms with Gasteiger partial charge < -0.3 is 20.3 Å². The summed E-state index contributed by atoms with van der Waals surface area (Å²) in [6, 6.07) is 13.6. The van der Waals surface area contributed by atoms with E-state index in [2.05, 4.69) is 10.1 Å². The lowest BCUT2D eigenvalue weighted by Crippen LogP contribution is -2.45. The van der Waals surface area contributed by atoms with Crippen LogP contribution in [0.2, 0.25) is 0 Å². The predicted molar refractivity (Wildman–Crippen MR) is 149 cm³/mol. The van der Waals surface area contributed by atoms with Crippen LogP contribution >= 0.6 is 0 Å². The summed E-state index contributed by atoms with van der Waals surface area (Å²) in [4.78, 5) is 21.5. The molecule has 40 heavy (non-hydrogen) atoms. The van der Waals surface area contributed by atoms with Gasteiger partial charge in [-0.25, -0.2) is 18.2 Å². The number of aliphatic carboxylic acids is 1. The minimum Gasteiger partial charge on any atom is -0.479 e. The molecule has 0 saturated heterocycles. The number of benzene rings is 1. The van der Waals surface area contributed by atoms with Gasteiger partial charge in [0.15, 0.2) is 21.1 Å². The number of anilines is 1. The quantitative estimate of drug-likeness (QED) is 0.287. The molecule has 0 unspecified atom stereocenters. The number of nitrogens with zero attached hydrogens (tertiary/aromatic N) is 4. The van der Waals surface area contributed by atoms with E-state index in [9.17, 15) is 18.3 Å². The highest BCUT2D eigenvalue weighted by Crippen LogP contribution is 2.43. The summed E-state index contributed by atoms with van der Waals surface area (Å²) in [5, 5.41) is 14.3. The number of carboxylic acid groups (broad SMARTS) is 1. The topological polar surface area (TPSA) is 159 Å². The molecule has 3 aromatic heterocycles. The van der Waals surface area contributed by atoms with Gasteiger partial charge in [0, 0.05) is 42.2 Å². The van der Waals surface area contributed by atoms with Crippen LogP contribution < -0.4 is 5.73 Å². The molecule has 1 saturated carbocycles. The third kappa shape index (κ3) is 5.17. The Kier molecular flexibility index (Phi) is 7.58.